The van der Waals surface area contributed by atoms with Crippen molar-refractivity contribution in [3.05, 3.63) is 104 Å². The van der Waals surface area contributed by atoms with Gasteiger partial charge in [-0.2, -0.15) is 0 Å². The quantitative estimate of drug-likeness (QED) is 0.193. The molecule has 4 nitrogen and oxygen atoms in total. The molecule has 3 rings (SSSR count). The van der Waals surface area contributed by atoms with Crippen LogP contribution in [0.5, 0.6) is 0 Å². The summed E-state index contributed by atoms with van der Waals surface area (Å²) in [5, 5.41) is 4.78. The van der Waals surface area contributed by atoms with E-state index in [-0.39, 0.29) is 67.7 Å². The maximum absolute atomic E-state index is 14.7. The van der Waals surface area contributed by atoms with Crippen LogP contribution in [0.3, 0.4) is 0 Å². The second kappa shape index (κ2) is 16.8. The Balaban J connectivity index is 0.000000537. The van der Waals surface area contributed by atoms with E-state index in [1.165, 1.54) is 0 Å². The summed E-state index contributed by atoms with van der Waals surface area (Å²) in [6.07, 6.45) is 2.71. The topological polar surface area (TPSA) is 63.2 Å². The molecule has 1 radical (unpaired) electrons. The van der Waals surface area contributed by atoms with E-state index >= 15 is 0 Å². The van der Waals surface area contributed by atoms with Crippen molar-refractivity contribution in [2.45, 2.75) is 67.7 Å². The van der Waals surface area contributed by atoms with Gasteiger partial charge in [0.2, 0.25) is 5.91 Å². The van der Waals surface area contributed by atoms with E-state index < -0.39 is 7.14 Å². The predicted molar refractivity (Wildman–Crippen MR) is 175 cm³/mol. The molecule has 42 heavy (non-hydrogen) atoms. The number of benzene rings is 3. The molecule has 0 aromatic heterocycles. The zero-order valence-electron chi connectivity index (χ0n) is 26.6. The normalized spacial score (nSPS) is 12.3. The predicted octanol–water partition coefficient (Wildman–Crippen LogP) is 7.33. The van der Waals surface area contributed by atoms with Gasteiger partial charge < -0.3 is 28.5 Å². The Hall–Kier alpha value is -1.87. The molecule has 1 N–H and O–H groups in total. The summed E-state index contributed by atoms with van der Waals surface area (Å²) in [5.74, 6) is -0.0532. The van der Waals surface area contributed by atoms with Crippen LogP contribution in [-0.4, -0.2) is 18.2 Å². The minimum absolute atomic E-state index is 0. The smallest absolute Gasteiger partial charge is 0.249 e. The van der Waals surface area contributed by atoms with Crippen LogP contribution in [-0.2, 0) is 48.5 Å². The number of rotatable bonds is 9. The molecular formula is C36H48NO3PY-2. The van der Waals surface area contributed by atoms with Crippen LogP contribution >= 0.6 is 7.14 Å². The summed E-state index contributed by atoms with van der Waals surface area (Å²) in [6, 6.07) is 24.6. The number of hydrogen-bond acceptors (Lipinski definition) is 3. The van der Waals surface area contributed by atoms with Crippen molar-refractivity contribution >= 4 is 34.7 Å². The van der Waals surface area contributed by atoms with Gasteiger partial charge in [0.1, 0.15) is 5.78 Å². The largest absolute Gasteiger partial charge is 0.382 e. The fourth-order valence-corrected chi connectivity index (χ4v) is 7.73. The van der Waals surface area contributed by atoms with Crippen molar-refractivity contribution in [3.63, 3.8) is 0 Å². The monoisotopic (exact) mass is 662 g/mol. The van der Waals surface area contributed by atoms with Crippen molar-refractivity contribution in [2.24, 2.45) is 16.7 Å². The molecule has 0 saturated carbocycles. The van der Waals surface area contributed by atoms with Crippen molar-refractivity contribution in [3.8, 4) is 0 Å². The first-order valence-corrected chi connectivity index (χ1v) is 16.2. The standard InChI is InChI=1S/C24H25NO2P.C12H23O.Y/c1-3-11-19-16-17-22(24(26)25-4-2)23(18-19)28(27,20-12-7-5-8-13-20)21-14-9-6-10-15-21;1-9(8-11(2,3)4)10(13)12(5,6)7;/h5-10,12-18H,2-4,11H2,1H3,(H,25,26);9H,1,8H2,2-7H3;/q2*-1;. The Labute approximate surface area is 280 Å². The average molecular weight is 663 g/mol. The molecule has 6 heteroatoms. The Bertz CT molecular complexity index is 1280. The molecule has 0 heterocycles. The molecule has 225 valence electrons. The summed E-state index contributed by atoms with van der Waals surface area (Å²) in [5.41, 5.74) is 1.46. The third-order valence-corrected chi connectivity index (χ3v) is 9.78. The fourth-order valence-electron chi connectivity index (χ4n) is 4.83. The number of amides is 1. The molecule has 3 aromatic rings. The maximum atomic E-state index is 14.7. The van der Waals surface area contributed by atoms with E-state index in [0.717, 1.165) is 35.4 Å². The van der Waals surface area contributed by atoms with Crippen molar-refractivity contribution < 1.29 is 46.9 Å². The first kappa shape index (κ1) is 38.2. The average Bonchev–Trinajstić information content (AvgIpc) is 2.92. The molecule has 0 aliphatic rings. The van der Waals surface area contributed by atoms with Crippen LogP contribution in [0.15, 0.2) is 78.9 Å². The molecule has 3 aromatic carbocycles. The number of aryl methyl sites for hydroxylation is 1. The van der Waals surface area contributed by atoms with Crippen molar-refractivity contribution in [1.82, 2.24) is 5.32 Å². The summed E-state index contributed by atoms with van der Waals surface area (Å²) < 4.78 is 14.7. The summed E-state index contributed by atoms with van der Waals surface area (Å²) in [4.78, 5) is 24.6. The van der Waals surface area contributed by atoms with Crippen molar-refractivity contribution in [2.75, 3.05) is 6.54 Å². The Kier molecular flexibility index (Phi) is 15.3. The Morgan fingerprint density at radius 1 is 0.857 bits per heavy atom. The zero-order valence-corrected chi connectivity index (χ0v) is 30.3. The molecular weight excluding hydrogens is 614 g/mol. The number of Topliss-reactive ketones (excluding diaryl/α,β-unsaturated/α-hetero) is 1. The molecule has 0 aliphatic heterocycles. The first-order valence-electron chi connectivity index (χ1n) is 14.4. The maximum Gasteiger partial charge on any atom is 0.249 e. The van der Waals surface area contributed by atoms with E-state index in [1.54, 1.807) is 6.07 Å². The van der Waals surface area contributed by atoms with Gasteiger partial charge in [0.05, 0.1) is 5.56 Å². The molecule has 1 amide bonds. The van der Waals surface area contributed by atoms with E-state index in [9.17, 15) is 14.2 Å². The molecule has 0 fully saturated rings. The first-order chi connectivity index (χ1) is 19.1. The summed E-state index contributed by atoms with van der Waals surface area (Å²) in [7, 11) is -3.22. The number of carbonyl (C=O) groups excluding carboxylic acids is 2. The summed E-state index contributed by atoms with van der Waals surface area (Å²) >= 11 is 0. The molecule has 0 aliphatic carbocycles. The minimum Gasteiger partial charge on any atom is -0.382 e. The van der Waals surface area contributed by atoms with Gasteiger partial charge in [-0.15, -0.1) is 12.5 Å². The van der Waals surface area contributed by atoms with Gasteiger partial charge >= 0.3 is 0 Å². The van der Waals surface area contributed by atoms with Crippen LogP contribution in [0.2, 0.25) is 0 Å². The number of ketones is 1. The molecule has 1 atom stereocenters. The van der Waals surface area contributed by atoms with Gasteiger partial charge in [0.15, 0.2) is 7.14 Å². The van der Waals surface area contributed by atoms with Crippen molar-refractivity contribution in [1.29, 1.82) is 0 Å². The second-order valence-corrected chi connectivity index (χ2v) is 15.4. The van der Waals surface area contributed by atoms with E-state index in [4.69, 9.17) is 0 Å². The molecule has 1 unspecified atom stereocenters. The van der Waals surface area contributed by atoms with E-state index in [0.29, 0.717) is 10.9 Å². The van der Waals surface area contributed by atoms with Crippen LogP contribution in [0, 0.1) is 30.6 Å². The van der Waals surface area contributed by atoms with Gasteiger partial charge in [0, 0.05) is 54.0 Å². The number of hydrogen-bond donors (Lipinski definition) is 1. The van der Waals surface area contributed by atoms with E-state index in [1.807, 2.05) is 93.6 Å². The zero-order chi connectivity index (χ0) is 30.8. The van der Waals surface area contributed by atoms with Gasteiger partial charge in [0.25, 0.3) is 0 Å². The van der Waals surface area contributed by atoms with Crippen LogP contribution in [0.1, 0.15) is 77.2 Å². The number of carbonyl (C=O) groups is 2. The summed E-state index contributed by atoms with van der Waals surface area (Å²) in [6.45, 7) is 22.3. The van der Waals surface area contributed by atoms with Gasteiger partial charge in [-0.25, -0.2) is 0 Å². The van der Waals surface area contributed by atoms with E-state index in [2.05, 4.69) is 46.9 Å². The molecule has 0 saturated heterocycles. The van der Waals surface area contributed by atoms with Crippen LogP contribution in [0.25, 0.3) is 0 Å². The fraction of sp³-hybridized carbons (Fsp3) is 0.389. The second-order valence-electron chi connectivity index (χ2n) is 12.7. The van der Waals surface area contributed by atoms with Gasteiger partial charge in [-0.05, 0) is 29.5 Å². The number of nitrogens with one attached hydrogen (secondary N) is 1. The molecule has 0 bridgehead atoms. The Morgan fingerprint density at radius 3 is 1.76 bits per heavy atom. The third kappa shape index (κ3) is 10.7. The van der Waals surface area contributed by atoms with Crippen LogP contribution < -0.4 is 21.2 Å². The minimum atomic E-state index is -3.22. The molecule has 0 spiro atoms. The third-order valence-electron chi connectivity index (χ3n) is 6.68. The van der Waals surface area contributed by atoms with Gasteiger partial charge in [-0.1, -0.05) is 128 Å². The van der Waals surface area contributed by atoms with Crippen LogP contribution in [0.4, 0.5) is 0 Å². The SMILES string of the molecule is [CH2-]C(CC(C)(C)C)C(=O)C(C)(C)C.[CH2-]CNC(=O)c1ccc(CCC)cc1P(=O)(c1ccccc1)c1ccccc1.[Y]. The Morgan fingerprint density at radius 2 is 1.36 bits per heavy atom. The van der Waals surface area contributed by atoms with Gasteiger partial charge in [-0.3, -0.25) is 4.79 Å².